The number of hydrogen-bond acceptors (Lipinski definition) is 4. The van der Waals surface area contributed by atoms with Crippen molar-refractivity contribution < 1.29 is 14.7 Å². The molecule has 2 rings (SSSR count). The van der Waals surface area contributed by atoms with Crippen LogP contribution in [0.25, 0.3) is 0 Å². The molecule has 102 valence electrons. The molecular formula is C12H16N4O3. The number of rotatable bonds is 6. The summed E-state index contributed by atoms with van der Waals surface area (Å²) in [6.07, 6.45) is 4.92. The molecule has 1 saturated carbocycles. The van der Waals surface area contributed by atoms with E-state index in [2.05, 4.69) is 20.6 Å². The molecule has 1 atom stereocenters. The second-order valence-electron chi connectivity index (χ2n) is 4.57. The highest BCUT2D eigenvalue weighted by atomic mass is 16.4. The molecule has 1 aromatic heterocycles. The summed E-state index contributed by atoms with van der Waals surface area (Å²) in [5.74, 6) is -0.603. The smallest absolute Gasteiger partial charge is 0.315 e. The average molecular weight is 264 g/mol. The van der Waals surface area contributed by atoms with Crippen LogP contribution in [-0.2, 0) is 11.3 Å². The van der Waals surface area contributed by atoms with E-state index in [-0.39, 0.29) is 18.5 Å². The van der Waals surface area contributed by atoms with Gasteiger partial charge in [-0.05, 0) is 24.8 Å². The lowest BCUT2D eigenvalue weighted by atomic mass is 10.1. The van der Waals surface area contributed by atoms with Gasteiger partial charge in [0.15, 0.2) is 0 Å². The van der Waals surface area contributed by atoms with Crippen molar-refractivity contribution in [2.45, 2.75) is 31.8 Å². The molecular weight excluding hydrogens is 248 g/mol. The topological polar surface area (TPSA) is 104 Å². The molecule has 1 aromatic rings. The van der Waals surface area contributed by atoms with Crippen LogP contribution in [0.2, 0.25) is 0 Å². The van der Waals surface area contributed by atoms with E-state index < -0.39 is 5.97 Å². The molecule has 1 aliphatic carbocycles. The van der Waals surface area contributed by atoms with Crippen LogP contribution in [0.3, 0.4) is 0 Å². The predicted octanol–water partition coefficient (Wildman–Crippen LogP) is 0.529. The van der Waals surface area contributed by atoms with Gasteiger partial charge in [-0.2, -0.15) is 0 Å². The number of nitrogens with one attached hydrogen (secondary N) is 2. The highest BCUT2D eigenvalue weighted by Crippen LogP contribution is 2.33. The molecule has 1 unspecified atom stereocenters. The van der Waals surface area contributed by atoms with Crippen molar-refractivity contribution in [2.75, 3.05) is 0 Å². The Kier molecular flexibility index (Phi) is 4.27. The maximum atomic E-state index is 11.7. The van der Waals surface area contributed by atoms with E-state index in [9.17, 15) is 9.59 Å². The van der Waals surface area contributed by atoms with Crippen LogP contribution in [-0.4, -0.2) is 33.1 Å². The maximum Gasteiger partial charge on any atom is 0.315 e. The molecule has 2 amide bonds. The minimum atomic E-state index is -0.895. The summed E-state index contributed by atoms with van der Waals surface area (Å²) in [4.78, 5) is 30.2. The van der Waals surface area contributed by atoms with E-state index in [1.807, 2.05) is 0 Å². The van der Waals surface area contributed by atoms with Crippen LogP contribution in [0, 0.1) is 5.92 Å². The molecule has 19 heavy (non-hydrogen) atoms. The third kappa shape index (κ3) is 4.53. The first-order valence-electron chi connectivity index (χ1n) is 6.16. The van der Waals surface area contributed by atoms with Crippen molar-refractivity contribution in [1.82, 2.24) is 20.6 Å². The zero-order chi connectivity index (χ0) is 13.7. The largest absolute Gasteiger partial charge is 0.481 e. The van der Waals surface area contributed by atoms with Crippen LogP contribution in [0.5, 0.6) is 0 Å². The maximum absolute atomic E-state index is 11.7. The zero-order valence-electron chi connectivity index (χ0n) is 10.4. The average Bonchev–Trinajstić information content (AvgIpc) is 3.20. The Balaban J connectivity index is 1.77. The Morgan fingerprint density at radius 3 is 2.84 bits per heavy atom. The number of aromatic nitrogens is 2. The van der Waals surface area contributed by atoms with E-state index in [0.29, 0.717) is 18.2 Å². The second-order valence-corrected chi connectivity index (χ2v) is 4.57. The summed E-state index contributed by atoms with van der Waals surface area (Å²) in [6, 6.07) is 1.05. The van der Waals surface area contributed by atoms with Crippen LogP contribution >= 0.6 is 0 Å². The van der Waals surface area contributed by atoms with E-state index in [1.165, 1.54) is 6.33 Å². The van der Waals surface area contributed by atoms with Crippen LogP contribution < -0.4 is 10.6 Å². The summed E-state index contributed by atoms with van der Waals surface area (Å²) < 4.78 is 0. The van der Waals surface area contributed by atoms with Gasteiger partial charge in [0.1, 0.15) is 6.33 Å². The van der Waals surface area contributed by atoms with Crippen LogP contribution in [0.1, 0.15) is 25.0 Å². The fraction of sp³-hybridized carbons (Fsp3) is 0.500. The molecule has 0 spiro atoms. The number of carbonyl (C=O) groups excluding carboxylic acids is 1. The molecule has 7 nitrogen and oxygen atoms in total. The van der Waals surface area contributed by atoms with E-state index in [4.69, 9.17) is 5.11 Å². The number of carboxylic acids is 1. The van der Waals surface area contributed by atoms with Gasteiger partial charge in [-0.3, -0.25) is 4.79 Å². The van der Waals surface area contributed by atoms with Gasteiger partial charge in [-0.25, -0.2) is 14.8 Å². The summed E-state index contributed by atoms with van der Waals surface area (Å²) in [5, 5.41) is 14.2. The predicted molar refractivity (Wildman–Crippen MR) is 66.2 cm³/mol. The molecule has 0 radical (unpaired) electrons. The summed E-state index contributed by atoms with van der Waals surface area (Å²) in [7, 11) is 0. The van der Waals surface area contributed by atoms with E-state index >= 15 is 0 Å². The summed E-state index contributed by atoms with van der Waals surface area (Å²) in [5.41, 5.74) is 0.700. The molecule has 0 aromatic carbocycles. The molecule has 0 bridgehead atoms. The molecule has 0 saturated heterocycles. The second kappa shape index (κ2) is 6.12. The Morgan fingerprint density at radius 1 is 1.47 bits per heavy atom. The quantitative estimate of drug-likeness (QED) is 0.695. The normalized spacial score (nSPS) is 15.6. The number of amides is 2. The Bertz CT molecular complexity index is 448. The lowest BCUT2D eigenvalue weighted by molar-refractivity contribution is -0.137. The number of hydrogen-bond donors (Lipinski definition) is 3. The Morgan fingerprint density at radius 2 is 2.26 bits per heavy atom. The van der Waals surface area contributed by atoms with E-state index in [1.54, 1.807) is 12.3 Å². The lowest BCUT2D eigenvalue weighted by Crippen LogP contribution is -2.43. The molecule has 3 N–H and O–H groups in total. The minimum Gasteiger partial charge on any atom is -0.481 e. The number of aliphatic carboxylic acids is 1. The van der Waals surface area contributed by atoms with Gasteiger partial charge in [0.05, 0.1) is 18.7 Å². The van der Waals surface area contributed by atoms with Gasteiger partial charge in [0, 0.05) is 12.2 Å². The lowest BCUT2D eigenvalue weighted by Gasteiger charge is -2.16. The highest BCUT2D eigenvalue weighted by molar-refractivity contribution is 5.75. The number of urea groups is 1. The monoisotopic (exact) mass is 264 g/mol. The molecule has 1 aliphatic rings. The van der Waals surface area contributed by atoms with Crippen molar-refractivity contribution in [2.24, 2.45) is 5.92 Å². The first-order valence-corrected chi connectivity index (χ1v) is 6.16. The summed E-state index contributed by atoms with van der Waals surface area (Å²) in [6.45, 7) is 0.290. The van der Waals surface area contributed by atoms with Gasteiger partial charge < -0.3 is 15.7 Å². The number of nitrogens with zero attached hydrogens (tertiary/aromatic N) is 2. The standard InChI is InChI=1S/C12H16N4O3/c17-11(18)5-10(8-1-2-8)16-12(19)14-6-9-3-4-13-7-15-9/h3-4,7-8,10H,1-2,5-6H2,(H,17,18)(H2,14,16,19). The van der Waals surface area contributed by atoms with Gasteiger partial charge in [-0.15, -0.1) is 0 Å². The number of carboxylic acid groups (broad SMARTS) is 1. The van der Waals surface area contributed by atoms with Gasteiger partial charge >= 0.3 is 12.0 Å². The Hall–Kier alpha value is -2.18. The van der Waals surface area contributed by atoms with Gasteiger partial charge in [0.25, 0.3) is 0 Å². The highest BCUT2D eigenvalue weighted by Gasteiger charge is 2.33. The van der Waals surface area contributed by atoms with Crippen LogP contribution in [0.15, 0.2) is 18.6 Å². The zero-order valence-corrected chi connectivity index (χ0v) is 10.4. The SMILES string of the molecule is O=C(O)CC(NC(=O)NCc1ccncn1)C1CC1. The number of carbonyl (C=O) groups is 2. The van der Waals surface area contributed by atoms with Crippen molar-refractivity contribution in [3.05, 3.63) is 24.3 Å². The molecule has 0 aliphatic heterocycles. The first-order chi connectivity index (χ1) is 9.15. The van der Waals surface area contributed by atoms with Gasteiger partial charge in [0.2, 0.25) is 0 Å². The first kappa shape index (κ1) is 13.3. The minimum absolute atomic E-state index is 0.0361. The van der Waals surface area contributed by atoms with Crippen molar-refractivity contribution in [3.8, 4) is 0 Å². The third-order valence-electron chi connectivity index (χ3n) is 2.98. The fourth-order valence-corrected chi connectivity index (χ4v) is 1.84. The van der Waals surface area contributed by atoms with Crippen molar-refractivity contribution in [3.63, 3.8) is 0 Å². The van der Waals surface area contributed by atoms with Crippen molar-refractivity contribution in [1.29, 1.82) is 0 Å². The molecule has 7 heteroatoms. The molecule has 1 fully saturated rings. The van der Waals surface area contributed by atoms with Gasteiger partial charge in [-0.1, -0.05) is 0 Å². The Labute approximate surface area is 110 Å². The van der Waals surface area contributed by atoms with E-state index in [0.717, 1.165) is 12.8 Å². The fourth-order valence-electron chi connectivity index (χ4n) is 1.84. The van der Waals surface area contributed by atoms with Crippen molar-refractivity contribution >= 4 is 12.0 Å². The summed E-state index contributed by atoms with van der Waals surface area (Å²) >= 11 is 0. The third-order valence-corrected chi connectivity index (χ3v) is 2.98. The molecule has 1 heterocycles. The van der Waals surface area contributed by atoms with Crippen LogP contribution in [0.4, 0.5) is 4.79 Å².